The van der Waals surface area contributed by atoms with Gasteiger partial charge >= 0.3 is 0 Å². The van der Waals surface area contributed by atoms with Gasteiger partial charge in [0, 0.05) is 26.1 Å². The molecular formula is C41H77F2NO2. The summed E-state index contributed by atoms with van der Waals surface area (Å²) in [5.74, 6) is -1.51. The fraction of sp³-hybridized carbons (Fsp3) is 0.829. The summed E-state index contributed by atoms with van der Waals surface area (Å²) in [5, 5.41) is 3.28. The van der Waals surface area contributed by atoms with Crippen LogP contribution in [0.4, 0.5) is 8.78 Å². The van der Waals surface area contributed by atoms with E-state index in [1.807, 2.05) is 50.2 Å². The Morgan fingerprint density at radius 2 is 0.978 bits per heavy atom. The molecule has 0 bridgehead atoms. The lowest BCUT2D eigenvalue weighted by molar-refractivity contribution is -0.106. The van der Waals surface area contributed by atoms with Gasteiger partial charge < -0.3 is 14.8 Å². The number of ether oxygens (including phenoxy) is 1. The average molecular weight is 654 g/mol. The van der Waals surface area contributed by atoms with Crippen LogP contribution in [-0.4, -0.2) is 38.5 Å². The average Bonchev–Trinajstić information content (AvgIpc) is 3.10. The smallest absolute Gasteiger partial charge is 0.248 e. The van der Waals surface area contributed by atoms with Crippen molar-refractivity contribution >= 4 is 6.29 Å². The maximum atomic E-state index is 12.2. The van der Waals surface area contributed by atoms with Crippen LogP contribution in [0.1, 0.15) is 176 Å². The summed E-state index contributed by atoms with van der Waals surface area (Å²) in [6, 6.07) is 12.0. The van der Waals surface area contributed by atoms with Gasteiger partial charge in [-0.2, -0.15) is 0 Å². The Morgan fingerprint density at radius 3 is 1.15 bits per heavy atom. The van der Waals surface area contributed by atoms with Crippen LogP contribution in [0.5, 0.6) is 0 Å². The molecular weight excluding hydrogens is 576 g/mol. The van der Waals surface area contributed by atoms with Crippen LogP contribution in [0.15, 0.2) is 36.4 Å². The van der Waals surface area contributed by atoms with Crippen LogP contribution in [0.25, 0.3) is 0 Å². The van der Waals surface area contributed by atoms with E-state index in [9.17, 15) is 8.78 Å². The van der Waals surface area contributed by atoms with Gasteiger partial charge in [-0.05, 0) is 82.7 Å². The Morgan fingerprint density at radius 1 is 0.630 bits per heavy atom. The van der Waals surface area contributed by atoms with Gasteiger partial charge in [0.05, 0.1) is 0 Å². The van der Waals surface area contributed by atoms with Crippen molar-refractivity contribution in [3.05, 3.63) is 36.4 Å². The van der Waals surface area contributed by atoms with Crippen molar-refractivity contribution in [2.24, 2.45) is 11.3 Å². The van der Waals surface area contributed by atoms with E-state index in [4.69, 9.17) is 9.53 Å². The first-order valence-corrected chi connectivity index (χ1v) is 19.3. The number of benzene rings is 1. The Bertz CT molecular complexity index is 600. The minimum Gasteiger partial charge on any atom is -0.381 e. The normalized spacial score (nSPS) is 22.4. The van der Waals surface area contributed by atoms with Crippen LogP contribution in [0.2, 0.25) is 0 Å². The largest absolute Gasteiger partial charge is 0.381 e. The molecule has 0 radical (unpaired) electrons. The van der Waals surface area contributed by atoms with E-state index in [1.54, 1.807) is 0 Å². The Balaban J connectivity index is 0. The number of rotatable bonds is 0. The van der Waals surface area contributed by atoms with Gasteiger partial charge in [0.2, 0.25) is 5.92 Å². The van der Waals surface area contributed by atoms with Crippen molar-refractivity contribution in [1.29, 1.82) is 0 Å². The number of carbonyl (C=O) groups is 1. The fourth-order valence-electron chi connectivity index (χ4n) is 5.73. The van der Waals surface area contributed by atoms with Crippen LogP contribution in [-0.2, 0) is 9.53 Å². The zero-order valence-electron chi connectivity index (χ0n) is 31.4. The lowest BCUT2D eigenvalue weighted by atomic mass is 9.78. The molecule has 2 aliphatic heterocycles. The van der Waals surface area contributed by atoms with Crippen LogP contribution in [0, 0.1) is 11.3 Å². The predicted octanol–water partition coefficient (Wildman–Crippen LogP) is 13.0. The number of halogens is 2. The summed E-state index contributed by atoms with van der Waals surface area (Å²) < 4.78 is 29.6. The van der Waals surface area contributed by atoms with Gasteiger partial charge in [-0.25, -0.2) is 8.78 Å². The second-order valence-electron chi connectivity index (χ2n) is 13.8. The molecule has 5 heteroatoms. The highest BCUT2D eigenvalue weighted by Crippen LogP contribution is 2.34. The van der Waals surface area contributed by atoms with Crippen molar-refractivity contribution in [3.8, 4) is 0 Å². The monoisotopic (exact) mass is 654 g/mol. The number of nitrogens with one attached hydrogen (secondary N) is 1. The summed E-state index contributed by atoms with van der Waals surface area (Å²) in [4.78, 5) is 8.81. The zero-order chi connectivity index (χ0) is 34.6. The number of hydrogen-bond donors (Lipinski definition) is 1. The van der Waals surface area contributed by atoms with Crippen LogP contribution >= 0.6 is 0 Å². The molecule has 1 N–H and O–H groups in total. The maximum absolute atomic E-state index is 12.2. The molecule has 0 aromatic heterocycles. The highest BCUT2D eigenvalue weighted by molar-refractivity contribution is 5.44. The van der Waals surface area contributed by atoms with Crippen molar-refractivity contribution in [1.82, 2.24) is 5.32 Å². The summed E-state index contributed by atoms with van der Waals surface area (Å²) in [5.41, 5.74) is 0.679. The summed E-state index contributed by atoms with van der Waals surface area (Å²) in [6.07, 6.45) is 26.6. The first-order valence-electron chi connectivity index (χ1n) is 19.3. The molecule has 3 saturated carbocycles. The lowest BCUT2D eigenvalue weighted by Crippen LogP contribution is -2.21. The van der Waals surface area contributed by atoms with Crippen LogP contribution in [0.3, 0.4) is 0 Å². The molecule has 272 valence electrons. The minimum absolute atomic E-state index is 0.118. The quantitative estimate of drug-likeness (QED) is 0.283. The number of hydrogen-bond acceptors (Lipinski definition) is 3. The van der Waals surface area contributed by atoms with Crippen molar-refractivity contribution in [2.45, 2.75) is 182 Å². The maximum Gasteiger partial charge on any atom is 0.248 e. The first-order chi connectivity index (χ1) is 22.2. The second kappa shape index (κ2) is 35.0. The van der Waals surface area contributed by atoms with Gasteiger partial charge in [-0.15, -0.1) is 0 Å². The molecule has 2 saturated heterocycles. The molecule has 1 aromatic rings. The van der Waals surface area contributed by atoms with E-state index in [1.165, 1.54) is 123 Å². The van der Waals surface area contributed by atoms with Crippen LogP contribution < -0.4 is 5.32 Å². The molecule has 5 aliphatic rings. The first kappa shape index (κ1) is 46.8. The SMILES string of the molecule is C1CCCCC1.C1CCNCC1.CC.CC1(C)CCCCC1.CC1CCCOC1.CC=O.FC1(F)CCCCC1.c1ccccc1. The second-order valence-corrected chi connectivity index (χ2v) is 13.8. The van der Waals surface area contributed by atoms with Gasteiger partial charge in [0.1, 0.15) is 6.29 Å². The van der Waals surface area contributed by atoms with Crippen molar-refractivity contribution in [3.63, 3.8) is 0 Å². The molecule has 1 atom stereocenters. The van der Waals surface area contributed by atoms with E-state index in [2.05, 4.69) is 26.1 Å². The zero-order valence-corrected chi connectivity index (χ0v) is 31.4. The topological polar surface area (TPSA) is 38.3 Å². The molecule has 46 heavy (non-hydrogen) atoms. The number of piperidine rings is 1. The third kappa shape index (κ3) is 37.1. The fourth-order valence-corrected chi connectivity index (χ4v) is 5.73. The lowest BCUT2D eigenvalue weighted by Gasteiger charge is -2.28. The van der Waals surface area contributed by atoms with Gasteiger partial charge in [-0.3, -0.25) is 0 Å². The molecule has 5 fully saturated rings. The van der Waals surface area contributed by atoms with Gasteiger partial charge in [0.15, 0.2) is 0 Å². The number of carbonyl (C=O) groups excluding carboxylic acids is 1. The molecule has 0 amide bonds. The predicted molar refractivity (Wildman–Crippen MR) is 198 cm³/mol. The van der Waals surface area contributed by atoms with E-state index in [0.29, 0.717) is 18.3 Å². The van der Waals surface area contributed by atoms with Crippen molar-refractivity contribution in [2.75, 3.05) is 26.3 Å². The standard InChI is InChI=1S/C8H16.C6H10F2.C6H12O.C6H12.C6H6.C5H11N.C2H4O.C2H6/c1-8(2)6-4-3-5-7-8;7-6(8)4-2-1-3-5-6;1-6-3-2-4-7-5-6;3*1-2-4-6-5-3-1;1-2-3;1-2/h3-7H2,1-2H3;1-5H2;6H,2-5H2,1H3;1-6H2;1-6H;6H,1-5H2;2H,1H3;1-2H3. The molecule has 6 rings (SSSR count). The minimum atomic E-state index is -2.32. The Labute approximate surface area is 285 Å². The van der Waals surface area contributed by atoms with E-state index in [0.717, 1.165) is 31.8 Å². The van der Waals surface area contributed by atoms with Gasteiger partial charge in [0.25, 0.3) is 0 Å². The molecule has 3 aliphatic carbocycles. The Kier molecular flexibility index (Phi) is 35.6. The summed E-state index contributed by atoms with van der Waals surface area (Å²) in [6.45, 7) is 16.9. The molecule has 2 heterocycles. The Hall–Kier alpha value is -1.33. The number of alkyl halides is 2. The van der Waals surface area contributed by atoms with E-state index < -0.39 is 5.92 Å². The highest BCUT2D eigenvalue weighted by atomic mass is 19.3. The molecule has 1 aromatic carbocycles. The third-order valence-corrected chi connectivity index (χ3v) is 8.55. The summed E-state index contributed by atoms with van der Waals surface area (Å²) >= 11 is 0. The number of aldehydes is 1. The van der Waals surface area contributed by atoms with E-state index in [-0.39, 0.29) is 12.8 Å². The summed E-state index contributed by atoms with van der Waals surface area (Å²) in [7, 11) is 0. The van der Waals surface area contributed by atoms with E-state index >= 15 is 0 Å². The van der Waals surface area contributed by atoms with Crippen molar-refractivity contribution < 1.29 is 18.3 Å². The molecule has 0 spiro atoms. The molecule has 1 unspecified atom stereocenters. The third-order valence-electron chi connectivity index (χ3n) is 8.55. The molecule has 3 nitrogen and oxygen atoms in total. The highest BCUT2D eigenvalue weighted by Gasteiger charge is 2.30. The van der Waals surface area contributed by atoms with Gasteiger partial charge in [-0.1, -0.05) is 142 Å².